The number of esters is 1. The Labute approximate surface area is 120 Å². The first-order valence-corrected chi connectivity index (χ1v) is 6.18. The number of nitrogens with zero attached hydrogens (tertiary/aromatic N) is 3. The van der Waals surface area contributed by atoms with E-state index in [2.05, 4.69) is 10.1 Å². The molecule has 0 saturated heterocycles. The van der Waals surface area contributed by atoms with Crippen molar-refractivity contribution in [2.75, 3.05) is 18.6 Å². The number of carbonyl (C=O) groups excluding carboxylic acids is 1. The molecule has 0 aliphatic carbocycles. The first-order valence-electron chi connectivity index (χ1n) is 6.18. The molecular formula is C14H13N5O2. The second-order valence-corrected chi connectivity index (χ2v) is 4.47. The van der Waals surface area contributed by atoms with E-state index in [4.69, 9.17) is 16.2 Å². The molecule has 7 heteroatoms. The van der Waals surface area contributed by atoms with Gasteiger partial charge >= 0.3 is 5.97 Å². The monoisotopic (exact) mass is 283 g/mol. The van der Waals surface area contributed by atoms with Crippen LogP contribution < -0.4 is 11.5 Å². The van der Waals surface area contributed by atoms with E-state index in [9.17, 15) is 4.79 Å². The molecule has 0 aliphatic heterocycles. The first-order chi connectivity index (χ1) is 10.1. The zero-order valence-corrected chi connectivity index (χ0v) is 11.3. The summed E-state index contributed by atoms with van der Waals surface area (Å²) in [5.74, 6) is -0.182. The van der Waals surface area contributed by atoms with E-state index < -0.39 is 5.97 Å². The van der Waals surface area contributed by atoms with Crippen LogP contribution in [0.3, 0.4) is 0 Å². The standard InChI is InChI=1S/C14H13N5O2/c1-21-14(20)10-6-19-12(13(16)17-7-18-19)11(10)8-2-4-9(15)5-3-8/h2-7H,15H2,1H3,(H2,16,17,18). The third-order valence-electron chi connectivity index (χ3n) is 3.21. The molecule has 0 bridgehead atoms. The van der Waals surface area contributed by atoms with Crippen molar-refractivity contribution in [3.63, 3.8) is 0 Å². The van der Waals surface area contributed by atoms with E-state index in [1.54, 1.807) is 18.3 Å². The van der Waals surface area contributed by atoms with Gasteiger partial charge in [-0.3, -0.25) is 0 Å². The number of benzene rings is 1. The number of anilines is 2. The van der Waals surface area contributed by atoms with E-state index >= 15 is 0 Å². The Morgan fingerprint density at radius 2 is 1.95 bits per heavy atom. The number of ether oxygens (including phenoxy) is 1. The molecule has 0 unspecified atom stereocenters. The molecule has 106 valence electrons. The third kappa shape index (κ3) is 2.04. The molecule has 2 heterocycles. The number of rotatable bonds is 2. The number of nitrogens with two attached hydrogens (primary N) is 2. The summed E-state index contributed by atoms with van der Waals surface area (Å²) in [5.41, 5.74) is 14.6. The number of hydrogen-bond acceptors (Lipinski definition) is 6. The van der Waals surface area contributed by atoms with Gasteiger partial charge < -0.3 is 16.2 Å². The van der Waals surface area contributed by atoms with Gasteiger partial charge in [0.15, 0.2) is 5.82 Å². The molecule has 0 amide bonds. The van der Waals surface area contributed by atoms with Gasteiger partial charge in [0, 0.05) is 17.4 Å². The van der Waals surface area contributed by atoms with Crippen LogP contribution in [0.15, 0.2) is 36.8 Å². The Morgan fingerprint density at radius 3 is 2.62 bits per heavy atom. The van der Waals surface area contributed by atoms with Crippen LogP contribution >= 0.6 is 0 Å². The minimum atomic E-state index is -0.466. The number of carbonyl (C=O) groups is 1. The van der Waals surface area contributed by atoms with Crippen molar-refractivity contribution in [3.8, 4) is 11.1 Å². The maximum atomic E-state index is 12.0. The summed E-state index contributed by atoms with van der Waals surface area (Å²) in [7, 11) is 1.33. The second-order valence-electron chi connectivity index (χ2n) is 4.47. The summed E-state index contributed by atoms with van der Waals surface area (Å²) in [4.78, 5) is 16.0. The lowest BCUT2D eigenvalue weighted by atomic mass is 10.0. The largest absolute Gasteiger partial charge is 0.465 e. The van der Waals surface area contributed by atoms with Gasteiger partial charge in [-0.1, -0.05) is 12.1 Å². The normalized spacial score (nSPS) is 10.7. The fourth-order valence-corrected chi connectivity index (χ4v) is 2.24. The smallest absolute Gasteiger partial charge is 0.340 e. The molecule has 7 nitrogen and oxygen atoms in total. The fourth-order valence-electron chi connectivity index (χ4n) is 2.24. The Kier molecular flexibility index (Phi) is 2.94. The summed E-state index contributed by atoms with van der Waals surface area (Å²) in [6, 6.07) is 7.12. The molecule has 0 aliphatic rings. The van der Waals surface area contributed by atoms with Crippen LogP contribution in [0.5, 0.6) is 0 Å². The highest BCUT2D eigenvalue weighted by Gasteiger charge is 2.21. The number of methoxy groups -OCH3 is 1. The molecule has 0 radical (unpaired) electrons. The lowest BCUT2D eigenvalue weighted by Gasteiger charge is -2.05. The van der Waals surface area contributed by atoms with Crippen LogP contribution in [0.4, 0.5) is 11.5 Å². The second kappa shape index (κ2) is 4.78. The Hall–Kier alpha value is -3.09. The first kappa shape index (κ1) is 12.9. The average molecular weight is 283 g/mol. The van der Waals surface area contributed by atoms with E-state index in [1.807, 2.05) is 12.1 Å². The molecule has 0 fully saturated rings. The molecule has 3 aromatic rings. The Bertz CT molecular complexity index is 823. The van der Waals surface area contributed by atoms with Gasteiger partial charge in [0.2, 0.25) is 0 Å². The molecular weight excluding hydrogens is 270 g/mol. The van der Waals surface area contributed by atoms with Crippen molar-refractivity contribution in [1.82, 2.24) is 14.6 Å². The predicted molar refractivity (Wildman–Crippen MR) is 78.6 cm³/mol. The quantitative estimate of drug-likeness (QED) is 0.542. The zero-order chi connectivity index (χ0) is 15.0. The van der Waals surface area contributed by atoms with Gasteiger partial charge in [-0.15, -0.1) is 0 Å². The third-order valence-corrected chi connectivity index (χ3v) is 3.21. The van der Waals surface area contributed by atoms with Gasteiger partial charge in [0.05, 0.1) is 12.7 Å². The van der Waals surface area contributed by atoms with Crippen LogP contribution in [-0.2, 0) is 4.74 Å². The van der Waals surface area contributed by atoms with Crippen LogP contribution in [0, 0.1) is 0 Å². The number of fused-ring (bicyclic) bond motifs is 1. The number of nitrogen functional groups attached to an aromatic ring is 2. The molecule has 21 heavy (non-hydrogen) atoms. The van der Waals surface area contributed by atoms with Crippen molar-refractivity contribution in [2.45, 2.75) is 0 Å². The van der Waals surface area contributed by atoms with Gasteiger partial charge in [-0.05, 0) is 17.7 Å². The minimum Gasteiger partial charge on any atom is -0.465 e. The van der Waals surface area contributed by atoms with E-state index in [1.165, 1.54) is 18.0 Å². The van der Waals surface area contributed by atoms with Crippen LogP contribution in [-0.4, -0.2) is 27.7 Å². The highest BCUT2D eigenvalue weighted by Crippen LogP contribution is 2.33. The summed E-state index contributed by atoms with van der Waals surface area (Å²) >= 11 is 0. The van der Waals surface area contributed by atoms with Crippen molar-refractivity contribution >= 4 is 23.0 Å². The summed E-state index contributed by atoms with van der Waals surface area (Å²) in [6.07, 6.45) is 2.90. The topological polar surface area (TPSA) is 109 Å². The van der Waals surface area contributed by atoms with Crippen LogP contribution in [0.2, 0.25) is 0 Å². The molecule has 4 N–H and O–H groups in total. The van der Waals surface area contributed by atoms with Gasteiger partial charge in [0.25, 0.3) is 0 Å². The summed E-state index contributed by atoms with van der Waals surface area (Å²) in [6.45, 7) is 0. The highest BCUT2D eigenvalue weighted by molar-refractivity contribution is 6.04. The average Bonchev–Trinajstić information content (AvgIpc) is 2.88. The summed E-state index contributed by atoms with van der Waals surface area (Å²) in [5, 5.41) is 4.08. The summed E-state index contributed by atoms with van der Waals surface area (Å²) < 4.78 is 6.34. The Morgan fingerprint density at radius 1 is 1.24 bits per heavy atom. The SMILES string of the molecule is COC(=O)c1cn2ncnc(N)c2c1-c1ccc(N)cc1. The number of hydrogen-bond donors (Lipinski definition) is 2. The predicted octanol–water partition coefficient (Wildman–Crippen LogP) is 1.35. The van der Waals surface area contributed by atoms with Crippen molar-refractivity contribution in [3.05, 3.63) is 42.4 Å². The van der Waals surface area contributed by atoms with Crippen molar-refractivity contribution in [2.24, 2.45) is 0 Å². The molecule has 3 rings (SSSR count). The fraction of sp³-hybridized carbons (Fsp3) is 0.0714. The molecule has 0 spiro atoms. The van der Waals surface area contributed by atoms with E-state index in [0.717, 1.165) is 5.56 Å². The van der Waals surface area contributed by atoms with Crippen LogP contribution in [0.1, 0.15) is 10.4 Å². The van der Waals surface area contributed by atoms with Crippen molar-refractivity contribution in [1.29, 1.82) is 0 Å². The van der Waals surface area contributed by atoms with E-state index in [0.29, 0.717) is 22.3 Å². The lowest BCUT2D eigenvalue weighted by Crippen LogP contribution is -2.01. The maximum absolute atomic E-state index is 12.0. The maximum Gasteiger partial charge on any atom is 0.340 e. The van der Waals surface area contributed by atoms with Gasteiger partial charge in [-0.25, -0.2) is 14.3 Å². The highest BCUT2D eigenvalue weighted by atomic mass is 16.5. The zero-order valence-electron chi connectivity index (χ0n) is 11.3. The molecule has 0 saturated carbocycles. The molecule has 1 aromatic carbocycles. The molecule has 0 atom stereocenters. The molecule has 2 aromatic heterocycles. The Balaban J connectivity index is 2.37. The van der Waals surface area contributed by atoms with Crippen molar-refractivity contribution < 1.29 is 9.53 Å². The van der Waals surface area contributed by atoms with E-state index in [-0.39, 0.29) is 5.82 Å². The lowest BCUT2D eigenvalue weighted by molar-refractivity contribution is 0.0601. The van der Waals surface area contributed by atoms with Gasteiger partial charge in [0.1, 0.15) is 11.8 Å². The van der Waals surface area contributed by atoms with Crippen LogP contribution in [0.25, 0.3) is 16.6 Å². The van der Waals surface area contributed by atoms with Gasteiger partial charge in [-0.2, -0.15) is 5.10 Å². The minimum absolute atomic E-state index is 0.284. The number of aromatic nitrogens is 3.